The van der Waals surface area contributed by atoms with Crippen molar-refractivity contribution in [2.24, 2.45) is 11.8 Å². The summed E-state index contributed by atoms with van der Waals surface area (Å²) in [5.41, 5.74) is 0. The third-order valence-corrected chi connectivity index (χ3v) is 4.95. The molecule has 2 fully saturated rings. The van der Waals surface area contributed by atoms with Gasteiger partial charge in [0.2, 0.25) is 0 Å². The van der Waals surface area contributed by atoms with Crippen molar-refractivity contribution in [2.45, 2.75) is 83.7 Å². The SMILES string of the molecule is CCC1CCCC(NC2CCC(CC)C2)C1. The van der Waals surface area contributed by atoms with Crippen molar-refractivity contribution in [2.75, 3.05) is 0 Å². The summed E-state index contributed by atoms with van der Waals surface area (Å²) in [6, 6.07) is 1.70. The van der Waals surface area contributed by atoms with Gasteiger partial charge in [-0.2, -0.15) is 0 Å². The van der Waals surface area contributed by atoms with Gasteiger partial charge < -0.3 is 5.32 Å². The number of rotatable bonds is 4. The normalized spacial score (nSPS) is 40.1. The van der Waals surface area contributed by atoms with Crippen molar-refractivity contribution in [3.63, 3.8) is 0 Å². The van der Waals surface area contributed by atoms with E-state index in [0.717, 1.165) is 23.9 Å². The molecule has 1 nitrogen and oxygen atoms in total. The van der Waals surface area contributed by atoms with Gasteiger partial charge in [-0.1, -0.05) is 39.5 Å². The monoisotopic (exact) mass is 223 g/mol. The summed E-state index contributed by atoms with van der Waals surface area (Å²) < 4.78 is 0. The number of hydrogen-bond acceptors (Lipinski definition) is 1. The smallest absolute Gasteiger partial charge is 0.00723 e. The van der Waals surface area contributed by atoms with Gasteiger partial charge in [0.25, 0.3) is 0 Å². The summed E-state index contributed by atoms with van der Waals surface area (Å²) in [6.07, 6.45) is 13.0. The molecule has 0 heterocycles. The zero-order chi connectivity index (χ0) is 11.4. The fourth-order valence-corrected chi connectivity index (χ4v) is 3.74. The molecular weight excluding hydrogens is 194 g/mol. The van der Waals surface area contributed by atoms with Crippen molar-refractivity contribution in [3.05, 3.63) is 0 Å². The maximum atomic E-state index is 3.95. The van der Waals surface area contributed by atoms with E-state index in [9.17, 15) is 0 Å². The van der Waals surface area contributed by atoms with Crippen LogP contribution in [0.3, 0.4) is 0 Å². The van der Waals surface area contributed by atoms with Crippen LogP contribution in [0.25, 0.3) is 0 Å². The molecule has 16 heavy (non-hydrogen) atoms. The maximum absolute atomic E-state index is 3.95. The maximum Gasteiger partial charge on any atom is 0.00723 e. The van der Waals surface area contributed by atoms with Gasteiger partial charge in [0.1, 0.15) is 0 Å². The first-order valence-electron chi connectivity index (χ1n) is 7.57. The van der Waals surface area contributed by atoms with Gasteiger partial charge in [-0.3, -0.25) is 0 Å². The molecule has 1 heteroatoms. The van der Waals surface area contributed by atoms with Crippen LogP contribution in [0, 0.1) is 11.8 Å². The van der Waals surface area contributed by atoms with E-state index in [2.05, 4.69) is 19.2 Å². The Morgan fingerprint density at radius 3 is 2.06 bits per heavy atom. The van der Waals surface area contributed by atoms with Crippen LogP contribution < -0.4 is 5.32 Å². The van der Waals surface area contributed by atoms with E-state index in [-0.39, 0.29) is 0 Å². The van der Waals surface area contributed by atoms with Crippen LogP contribution in [-0.4, -0.2) is 12.1 Å². The fourth-order valence-electron chi connectivity index (χ4n) is 3.74. The minimum absolute atomic E-state index is 0.847. The molecule has 94 valence electrons. The van der Waals surface area contributed by atoms with Crippen LogP contribution in [0.5, 0.6) is 0 Å². The Morgan fingerprint density at radius 2 is 1.44 bits per heavy atom. The molecule has 0 aromatic carbocycles. The molecule has 0 bridgehead atoms. The predicted octanol–water partition coefficient (Wildman–Crippen LogP) is 4.12. The standard InChI is InChI=1S/C15H29N/c1-3-12-6-5-7-14(10-12)16-15-9-8-13(4-2)11-15/h12-16H,3-11H2,1-2H3. The molecule has 2 saturated carbocycles. The molecule has 2 aliphatic rings. The minimum atomic E-state index is 0.847. The van der Waals surface area contributed by atoms with E-state index >= 15 is 0 Å². The third kappa shape index (κ3) is 3.23. The topological polar surface area (TPSA) is 12.0 Å². The molecule has 2 aliphatic carbocycles. The second-order valence-corrected chi connectivity index (χ2v) is 6.09. The van der Waals surface area contributed by atoms with Crippen molar-refractivity contribution in [1.29, 1.82) is 0 Å². The Morgan fingerprint density at radius 1 is 0.812 bits per heavy atom. The second-order valence-electron chi connectivity index (χ2n) is 6.09. The summed E-state index contributed by atoms with van der Waals surface area (Å²) in [7, 11) is 0. The molecule has 0 radical (unpaired) electrons. The molecule has 1 N–H and O–H groups in total. The summed E-state index contributed by atoms with van der Waals surface area (Å²) in [6.45, 7) is 4.70. The van der Waals surface area contributed by atoms with Gasteiger partial charge in [-0.25, -0.2) is 0 Å². The van der Waals surface area contributed by atoms with E-state index in [1.807, 2.05) is 0 Å². The van der Waals surface area contributed by atoms with Crippen LogP contribution in [0.1, 0.15) is 71.6 Å². The Hall–Kier alpha value is -0.0400. The molecule has 2 rings (SSSR count). The largest absolute Gasteiger partial charge is 0.311 e. The summed E-state index contributed by atoms with van der Waals surface area (Å²) >= 11 is 0. The van der Waals surface area contributed by atoms with Crippen molar-refractivity contribution in [3.8, 4) is 0 Å². The van der Waals surface area contributed by atoms with Crippen molar-refractivity contribution in [1.82, 2.24) is 5.32 Å². The first-order chi connectivity index (χ1) is 7.81. The quantitative estimate of drug-likeness (QED) is 0.756. The van der Waals surface area contributed by atoms with Crippen LogP contribution in [0.15, 0.2) is 0 Å². The lowest BCUT2D eigenvalue weighted by molar-refractivity contribution is 0.260. The van der Waals surface area contributed by atoms with E-state index in [1.54, 1.807) is 0 Å². The zero-order valence-corrected chi connectivity index (χ0v) is 11.2. The predicted molar refractivity (Wildman–Crippen MR) is 70.6 cm³/mol. The number of hydrogen-bond donors (Lipinski definition) is 1. The van der Waals surface area contributed by atoms with Crippen molar-refractivity contribution >= 4 is 0 Å². The highest BCUT2D eigenvalue weighted by molar-refractivity contribution is 4.85. The first kappa shape index (κ1) is 12.4. The van der Waals surface area contributed by atoms with Gasteiger partial charge >= 0.3 is 0 Å². The second kappa shape index (κ2) is 6.05. The van der Waals surface area contributed by atoms with Crippen molar-refractivity contribution < 1.29 is 0 Å². The zero-order valence-electron chi connectivity index (χ0n) is 11.2. The van der Waals surface area contributed by atoms with E-state index in [0.29, 0.717) is 0 Å². The fraction of sp³-hybridized carbons (Fsp3) is 1.00. The number of nitrogens with one attached hydrogen (secondary N) is 1. The molecule has 0 aliphatic heterocycles. The molecule has 4 atom stereocenters. The Balaban J connectivity index is 1.73. The molecule has 0 saturated heterocycles. The molecule has 4 unspecified atom stereocenters. The molecule has 0 aromatic heterocycles. The average molecular weight is 223 g/mol. The molecule has 0 spiro atoms. The molecule has 0 amide bonds. The van der Waals surface area contributed by atoms with Gasteiger partial charge in [0, 0.05) is 12.1 Å². The summed E-state index contributed by atoms with van der Waals surface area (Å²) in [5, 5.41) is 3.95. The first-order valence-corrected chi connectivity index (χ1v) is 7.57. The van der Waals surface area contributed by atoms with Crippen LogP contribution in [-0.2, 0) is 0 Å². The average Bonchev–Trinajstić information content (AvgIpc) is 2.77. The van der Waals surface area contributed by atoms with Gasteiger partial charge in [0.05, 0.1) is 0 Å². The van der Waals surface area contributed by atoms with E-state index in [1.165, 1.54) is 57.8 Å². The molecule has 0 aromatic rings. The highest BCUT2D eigenvalue weighted by Crippen LogP contribution is 2.31. The lowest BCUT2D eigenvalue weighted by Gasteiger charge is -2.31. The van der Waals surface area contributed by atoms with Crippen LogP contribution in [0.4, 0.5) is 0 Å². The lowest BCUT2D eigenvalue weighted by Crippen LogP contribution is -2.40. The van der Waals surface area contributed by atoms with Gasteiger partial charge in [0.15, 0.2) is 0 Å². The lowest BCUT2D eigenvalue weighted by atomic mass is 9.84. The van der Waals surface area contributed by atoms with E-state index in [4.69, 9.17) is 0 Å². The minimum Gasteiger partial charge on any atom is -0.311 e. The van der Waals surface area contributed by atoms with Gasteiger partial charge in [-0.05, 0) is 43.9 Å². The molecular formula is C15H29N. The Kier molecular flexibility index (Phi) is 4.69. The highest BCUT2D eigenvalue weighted by atomic mass is 15.0. The summed E-state index contributed by atoms with van der Waals surface area (Å²) in [5.74, 6) is 2.03. The summed E-state index contributed by atoms with van der Waals surface area (Å²) in [4.78, 5) is 0. The van der Waals surface area contributed by atoms with Crippen LogP contribution >= 0.6 is 0 Å². The van der Waals surface area contributed by atoms with E-state index < -0.39 is 0 Å². The Labute approximate surface area is 101 Å². The highest BCUT2D eigenvalue weighted by Gasteiger charge is 2.27. The van der Waals surface area contributed by atoms with Crippen LogP contribution in [0.2, 0.25) is 0 Å². The Bertz CT molecular complexity index is 202. The third-order valence-electron chi connectivity index (χ3n) is 4.95. The van der Waals surface area contributed by atoms with Gasteiger partial charge in [-0.15, -0.1) is 0 Å².